The monoisotopic (exact) mass is 420 g/mol. The van der Waals surface area contributed by atoms with Crippen LogP contribution in [0.15, 0.2) is 20.7 Å². The van der Waals surface area contributed by atoms with Gasteiger partial charge in [-0.25, -0.2) is 14.1 Å². The molecule has 7 nitrogen and oxygen atoms in total. The Labute approximate surface area is 168 Å². The van der Waals surface area contributed by atoms with Gasteiger partial charge in [0.25, 0.3) is 0 Å². The van der Waals surface area contributed by atoms with Crippen molar-refractivity contribution in [3.63, 3.8) is 0 Å². The van der Waals surface area contributed by atoms with Crippen LogP contribution < -0.4 is 10.5 Å². The second-order valence-electron chi connectivity index (χ2n) is 7.81. The molecule has 150 valence electrons. The number of anilines is 1. The molecule has 2 amide bonds. The Morgan fingerprint density at radius 3 is 2.36 bits per heavy atom. The van der Waals surface area contributed by atoms with Gasteiger partial charge < -0.3 is 10.4 Å². The van der Waals surface area contributed by atoms with E-state index in [1.165, 1.54) is 0 Å². The average molecular weight is 421 g/mol. The Balaban J connectivity index is 1.65. The molecule has 2 aromatic heterocycles. The van der Waals surface area contributed by atoms with Gasteiger partial charge in [-0.05, 0) is 75.6 Å². The van der Waals surface area contributed by atoms with Crippen molar-refractivity contribution >= 4 is 33.0 Å². The number of urea groups is 1. The van der Waals surface area contributed by atoms with Crippen molar-refractivity contribution in [1.82, 2.24) is 4.98 Å². The predicted octanol–water partition coefficient (Wildman–Crippen LogP) is 3.28. The van der Waals surface area contributed by atoms with Crippen molar-refractivity contribution in [2.45, 2.75) is 62.2 Å². The highest BCUT2D eigenvalue weighted by atomic mass is 32.2. The number of hydrogen-bond acceptors (Lipinski definition) is 5. The van der Waals surface area contributed by atoms with E-state index in [4.69, 9.17) is 10.1 Å². The number of pyridine rings is 1. The average Bonchev–Trinajstić information content (AvgIpc) is 3.33. The second kappa shape index (κ2) is 6.91. The fourth-order valence-corrected chi connectivity index (χ4v) is 6.08. The zero-order valence-corrected chi connectivity index (χ0v) is 17.6. The third-order valence-corrected chi connectivity index (χ3v) is 8.48. The minimum atomic E-state index is -3.39. The Kier molecular flexibility index (Phi) is 4.81. The summed E-state index contributed by atoms with van der Waals surface area (Å²) in [6.45, 7) is 3.27. The first kappa shape index (κ1) is 19.5. The molecule has 0 saturated carbocycles. The summed E-state index contributed by atoms with van der Waals surface area (Å²) >= 11 is 1.10. The maximum absolute atomic E-state index is 12.9. The van der Waals surface area contributed by atoms with Crippen LogP contribution in [0.1, 0.15) is 54.1 Å². The van der Waals surface area contributed by atoms with Crippen LogP contribution in [0.4, 0.5) is 10.5 Å². The molecule has 0 spiro atoms. The first-order valence-corrected chi connectivity index (χ1v) is 11.8. The highest BCUT2D eigenvalue weighted by Gasteiger charge is 2.27. The minimum Gasteiger partial charge on any atom is -0.385 e. The predicted molar refractivity (Wildman–Crippen MR) is 110 cm³/mol. The fraction of sp³-hybridized carbons (Fsp3) is 0.474. The quantitative estimate of drug-likeness (QED) is 0.706. The smallest absolute Gasteiger partial charge is 0.354 e. The van der Waals surface area contributed by atoms with E-state index in [-0.39, 0.29) is 4.21 Å². The number of amides is 2. The third-order valence-electron chi connectivity index (χ3n) is 5.17. The molecular formula is C19H24N4O3S2. The summed E-state index contributed by atoms with van der Waals surface area (Å²) < 4.78 is 16.9. The third kappa shape index (κ3) is 3.59. The van der Waals surface area contributed by atoms with Crippen LogP contribution in [0.2, 0.25) is 0 Å². The maximum Gasteiger partial charge on any atom is 0.354 e. The lowest BCUT2D eigenvalue weighted by molar-refractivity contribution is 0.0825. The molecule has 0 aliphatic heterocycles. The molecule has 9 heteroatoms. The molecule has 4 N–H and O–H groups in total. The SMILES string of the molecule is CC(C)(O)c1ccc([S@](N)(=O)=NC(=O)Nc2c3c(nc4c2CCC4)CCC3)s1. The van der Waals surface area contributed by atoms with Crippen LogP contribution in [-0.4, -0.2) is 20.3 Å². The minimum absolute atomic E-state index is 0.268. The molecule has 4 rings (SSSR count). The number of hydrogen-bond donors (Lipinski definition) is 3. The van der Waals surface area contributed by atoms with Crippen molar-refractivity contribution in [3.8, 4) is 0 Å². The van der Waals surface area contributed by atoms with Gasteiger partial charge in [-0.1, -0.05) is 0 Å². The summed E-state index contributed by atoms with van der Waals surface area (Å²) in [4.78, 5) is 18.0. The number of thiophene rings is 1. The fourth-order valence-electron chi connectivity index (χ4n) is 3.84. The van der Waals surface area contributed by atoms with E-state index < -0.39 is 21.5 Å². The number of carbonyl (C=O) groups is 1. The molecule has 2 heterocycles. The number of aryl methyl sites for hydroxylation is 2. The van der Waals surface area contributed by atoms with Crippen molar-refractivity contribution in [2.75, 3.05) is 5.32 Å². The highest BCUT2D eigenvalue weighted by molar-refractivity contribution is 7.93. The summed E-state index contributed by atoms with van der Waals surface area (Å²) in [7, 11) is -3.39. The van der Waals surface area contributed by atoms with Gasteiger partial charge in [-0.15, -0.1) is 15.7 Å². The molecular weight excluding hydrogens is 396 g/mol. The van der Waals surface area contributed by atoms with Crippen LogP contribution >= 0.6 is 11.3 Å². The van der Waals surface area contributed by atoms with E-state index in [1.807, 2.05) is 0 Å². The summed E-state index contributed by atoms with van der Waals surface area (Å²) in [6.07, 6.45) is 5.64. The molecule has 2 aromatic rings. The Hall–Kier alpha value is -1.81. The summed E-state index contributed by atoms with van der Waals surface area (Å²) in [6, 6.07) is 2.50. The van der Waals surface area contributed by atoms with Crippen LogP contribution in [-0.2, 0) is 41.2 Å². The lowest BCUT2D eigenvalue weighted by atomic mass is 10.1. The number of nitrogens with zero attached hydrogens (tertiary/aromatic N) is 2. The van der Waals surface area contributed by atoms with Crippen molar-refractivity contribution in [2.24, 2.45) is 9.50 Å². The number of nitrogens with one attached hydrogen (secondary N) is 1. The van der Waals surface area contributed by atoms with Crippen molar-refractivity contribution in [3.05, 3.63) is 39.5 Å². The van der Waals surface area contributed by atoms with Crippen molar-refractivity contribution < 1.29 is 14.1 Å². The number of aliphatic hydroxyl groups is 1. The van der Waals surface area contributed by atoms with Crippen LogP contribution in [0.3, 0.4) is 0 Å². The number of carbonyl (C=O) groups excluding carboxylic acids is 1. The van der Waals surface area contributed by atoms with Gasteiger partial charge in [-0.3, -0.25) is 4.98 Å². The molecule has 28 heavy (non-hydrogen) atoms. The summed E-state index contributed by atoms with van der Waals surface area (Å²) in [5.41, 5.74) is 3.98. The number of rotatable bonds is 3. The first-order chi connectivity index (χ1) is 13.1. The van der Waals surface area contributed by atoms with E-state index in [1.54, 1.807) is 26.0 Å². The molecule has 0 fully saturated rings. The Bertz CT molecular complexity index is 1040. The lowest BCUT2D eigenvalue weighted by Gasteiger charge is -2.14. The number of aromatic nitrogens is 1. The van der Waals surface area contributed by atoms with Crippen LogP contribution in [0, 0.1) is 0 Å². The van der Waals surface area contributed by atoms with E-state index >= 15 is 0 Å². The van der Waals surface area contributed by atoms with Gasteiger partial charge in [-0.2, -0.15) is 0 Å². The molecule has 0 saturated heterocycles. The molecule has 0 aromatic carbocycles. The van der Waals surface area contributed by atoms with Gasteiger partial charge in [0, 0.05) is 16.3 Å². The largest absolute Gasteiger partial charge is 0.385 e. The molecule has 2 aliphatic carbocycles. The Morgan fingerprint density at radius 2 is 1.82 bits per heavy atom. The topological polar surface area (TPSA) is 118 Å². The van der Waals surface area contributed by atoms with Gasteiger partial charge >= 0.3 is 6.03 Å². The first-order valence-electron chi connectivity index (χ1n) is 9.37. The van der Waals surface area contributed by atoms with Gasteiger partial charge in [0.05, 0.1) is 11.3 Å². The molecule has 0 radical (unpaired) electrons. The van der Waals surface area contributed by atoms with Crippen molar-refractivity contribution in [1.29, 1.82) is 0 Å². The number of fused-ring (bicyclic) bond motifs is 2. The molecule has 0 unspecified atom stereocenters. The van der Waals surface area contributed by atoms with E-state index in [9.17, 15) is 14.1 Å². The standard InChI is InChI=1S/C19H24N4O3S2/c1-19(2,25)15-9-10-16(27-15)28(20,26)23-18(24)22-17-11-5-3-7-13(11)21-14-8-4-6-12(14)17/h9-10,25H,3-8H2,1-2H3,(H3,20,21,22,23,24,26)/t28-/m1/s1. The van der Waals surface area contributed by atoms with Gasteiger partial charge in [0.2, 0.25) is 0 Å². The zero-order valence-electron chi connectivity index (χ0n) is 15.9. The molecule has 0 bridgehead atoms. The van der Waals surface area contributed by atoms with E-state index in [0.717, 1.165) is 78.1 Å². The summed E-state index contributed by atoms with van der Waals surface area (Å²) in [5.74, 6) is 0. The van der Waals surface area contributed by atoms with E-state index in [0.29, 0.717) is 4.88 Å². The lowest BCUT2D eigenvalue weighted by Crippen LogP contribution is -2.18. The molecule has 1 atom stereocenters. The number of nitrogens with two attached hydrogens (primary N) is 1. The highest BCUT2D eigenvalue weighted by Crippen LogP contribution is 2.37. The zero-order chi connectivity index (χ0) is 20.1. The van der Waals surface area contributed by atoms with Gasteiger partial charge in [0.15, 0.2) is 9.92 Å². The van der Waals surface area contributed by atoms with Crippen LogP contribution in [0.25, 0.3) is 0 Å². The van der Waals surface area contributed by atoms with Crippen LogP contribution in [0.5, 0.6) is 0 Å². The summed E-state index contributed by atoms with van der Waals surface area (Å²) in [5, 5.41) is 18.8. The molecule has 2 aliphatic rings. The second-order valence-corrected chi connectivity index (χ2v) is 10.9. The Morgan fingerprint density at radius 1 is 1.21 bits per heavy atom. The maximum atomic E-state index is 12.9. The normalized spacial score (nSPS) is 17.7. The van der Waals surface area contributed by atoms with E-state index in [2.05, 4.69) is 9.68 Å². The van der Waals surface area contributed by atoms with Gasteiger partial charge in [0.1, 0.15) is 4.21 Å².